The highest BCUT2D eigenvalue weighted by Gasteiger charge is 2.29. The summed E-state index contributed by atoms with van der Waals surface area (Å²) >= 11 is 3.59. The standard InChI is InChI=1S/C31H28BrN3O3/c1-3-33(4-2)25-9-7-21-15-26(31(37)38-30(21)16-25)29(36)12-6-20-5-10-27-22(13-20)17-34-19-35(27)18-23-14-24(32)8-11-28(23)34/h5-16H,3-4,17-19H2,1-2H3/b12-6+. The van der Waals surface area contributed by atoms with Crippen LogP contribution in [0, 0.1) is 0 Å². The molecule has 0 N–H and O–H groups in total. The monoisotopic (exact) mass is 569 g/mol. The molecule has 6 nitrogen and oxygen atoms in total. The third-order valence-corrected chi connectivity index (χ3v) is 7.92. The fraction of sp³-hybridized carbons (Fsp3) is 0.226. The predicted octanol–water partition coefficient (Wildman–Crippen LogP) is 6.60. The molecule has 3 aromatic carbocycles. The van der Waals surface area contributed by atoms with E-state index in [1.165, 1.54) is 28.6 Å². The molecule has 192 valence electrons. The lowest BCUT2D eigenvalue weighted by molar-refractivity contribution is 0.104. The molecule has 2 bridgehead atoms. The fourth-order valence-electron chi connectivity index (χ4n) is 5.49. The van der Waals surface area contributed by atoms with Gasteiger partial charge in [-0.15, -0.1) is 0 Å². The molecule has 3 heterocycles. The van der Waals surface area contributed by atoms with Crippen LogP contribution in [0.2, 0.25) is 0 Å². The van der Waals surface area contributed by atoms with E-state index >= 15 is 0 Å². The topological polar surface area (TPSA) is 57.0 Å². The molecule has 0 radical (unpaired) electrons. The minimum Gasteiger partial charge on any atom is -0.422 e. The summed E-state index contributed by atoms with van der Waals surface area (Å²) in [7, 11) is 0. The molecule has 0 spiro atoms. The van der Waals surface area contributed by atoms with Gasteiger partial charge in [-0.3, -0.25) is 4.79 Å². The van der Waals surface area contributed by atoms with E-state index in [4.69, 9.17) is 4.42 Å². The number of hydrogen-bond donors (Lipinski definition) is 0. The summed E-state index contributed by atoms with van der Waals surface area (Å²) < 4.78 is 6.64. The van der Waals surface area contributed by atoms with Gasteiger partial charge in [-0.1, -0.05) is 28.1 Å². The van der Waals surface area contributed by atoms with E-state index in [1.54, 1.807) is 12.1 Å². The van der Waals surface area contributed by atoms with E-state index in [-0.39, 0.29) is 11.3 Å². The number of hydrogen-bond acceptors (Lipinski definition) is 6. The summed E-state index contributed by atoms with van der Waals surface area (Å²) in [6.45, 7) is 8.41. The first-order chi connectivity index (χ1) is 18.4. The number of benzene rings is 3. The number of carbonyl (C=O) groups is 1. The van der Waals surface area contributed by atoms with Crippen LogP contribution in [0.25, 0.3) is 17.0 Å². The van der Waals surface area contributed by atoms with Gasteiger partial charge < -0.3 is 19.1 Å². The van der Waals surface area contributed by atoms with Gasteiger partial charge in [0, 0.05) is 59.2 Å². The van der Waals surface area contributed by atoms with Crippen molar-refractivity contribution in [2.24, 2.45) is 0 Å². The molecule has 2 aliphatic rings. The Labute approximate surface area is 229 Å². The molecule has 0 saturated carbocycles. The Bertz CT molecular complexity index is 1650. The van der Waals surface area contributed by atoms with Crippen molar-refractivity contribution in [2.45, 2.75) is 26.9 Å². The molecule has 1 aromatic heterocycles. The normalized spacial score (nSPS) is 14.1. The second kappa shape index (κ2) is 9.80. The number of ketones is 1. The Balaban J connectivity index is 1.24. The maximum atomic E-state index is 13.0. The number of fused-ring (bicyclic) bond motifs is 7. The van der Waals surface area contributed by atoms with Crippen molar-refractivity contribution >= 4 is 55.8 Å². The van der Waals surface area contributed by atoms with Crippen LogP contribution in [0.15, 0.2) is 80.4 Å². The van der Waals surface area contributed by atoms with Crippen molar-refractivity contribution in [3.63, 3.8) is 0 Å². The van der Waals surface area contributed by atoms with Gasteiger partial charge in [0.2, 0.25) is 0 Å². The fourth-order valence-corrected chi connectivity index (χ4v) is 5.90. The van der Waals surface area contributed by atoms with Crippen molar-refractivity contribution in [1.82, 2.24) is 0 Å². The zero-order valence-corrected chi connectivity index (χ0v) is 23.0. The van der Waals surface area contributed by atoms with Crippen LogP contribution in [0.4, 0.5) is 17.1 Å². The molecule has 2 aliphatic heterocycles. The molecule has 0 atom stereocenters. The Morgan fingerprint density at radius 3 is 2.39 bits per heavy atom. The molecule has 6 rings (SSSR count). The highest BCUT2D eigenvalue weighted by atomic mass is 79.9. The van der Waals surface area contributed by atoms with Gasteiger partial charge in [0.25, 0.3) is 0 Å². The average Bonchev–Trinajstić information content (AvgIpc) is 2.91. The lowest BCUT2D eigenvalue weighted by Crippen LogP contribution is -2.46. The molecule has 0 amide bonds. The Kier molecular flexibility index (Phi) is 6.32. The van der Waals surface area contributed by atoms with Gasteiger partial charge in [-0.2, -0.15) is 0 Å². The summed E-state index contributed by atoms with van der Waals surface area (Å²) in [4.78, 5) is 32.6. The van der Waals surface area contributed by atoms with Crippen LogP contribution >= 0.6 is 15.9 Å². The van der Waals surface area contributed by atoms with Gasteiger partial charge in [0.05, 0.1) is 6.67 Å². The van der Waals surface area contributed by atoms with E-state index in [0.29, 0.717) is 5.58 Å². The van der Waals surface area contributed by atoms with E-state index in [2.05, 4.69) is 74.8 Å². The summed E-state index contributed by atoms with van der Waals surface area (Å²) in [5, 5.41) is 0.730. The first kappa shape index (κ1) is 24.5. The quantitative estimate of drug-likeness (QED) is 0.148. The van der Waals surface area contributed by atoms with Crippen LogP contribution in [-0.2, 0) is 13.1 Å². The first-order valence-electron chi connectivity index (χ1n) is 12.9. The number of halogens is 1. The Hall–Kier alpha value is -3.84. The van der Waals surface area contributed by atoms with Gasteiger partial charge in [0.15, 0.2) is 5.78 Å². The van der Waals surface area contributed by atoms with E-state index in [9.17, 15) is 9.59 Å². The van der Waals surface area contributed by atoms with Crippen LogP contribution in [0.5, 0.6) is 0 Å². The summed E-state index contributed by atoms with van der Waals surface area (Å²) in [5.41, 5.74) is 6.82. The average molecular weight is 570 g/mol. The van der Waals surface area contributed by atoms with Crippen molar-refractivity contribution in [2.75, 3.05) is 34.5 Å². The van der Waals surface area contributed by atoms with Gasteiger partial charge in [-0.05, 0) is 85.1 Å². The second-order valence-electron chi connectivity index (χ2n) is 9.74. The van der Waals surface area contributed by atoms with E-state index in [0.717, 1.165) is 54.0 Å². The third-order valence-electron chi connectivity index (χ3n) is 7.43. The van der Waals surface area contributed by atoms with Crippen LogP contribution in [0.1, 0.15) is 40.9 Å². The maximum absolute atomic E-state index is 13.0. The maximum Gasteiger partial charge on any atom is 0.347 e. The molecular weight excluding hydrogens is 542 g/mol. The second-order valence-corrected chi connectivity index (χ2v) is 10.7. The Morgan fingerprint density at radius 2 is 1.66 bits per heavy atom. The molecule has 4 aromatic rings. The lowest BCUT2D eigenvalue weighted by Gasteiger charge is -2.45. The van der Waals surface area contributed by atoms with E-state index < -0.39 is 5.63 Å². The molecule has 0 unspecified atom stereocenters. The third kappa shape index (κ3) is 4.41. The number of nitrogens with zero attached hydrogens (tertiary/aromatic N) is 3. The van der Waals surface area contributed by atoms with Gasteiger partial charge in [0.1, 0.15) is 11.1 Å². The summed E-state index contributed by atoms with van der Waals surface area (Å²) in [6.07, 6.45) is 3.23. The van der Waals surface area contributed by atoms with Crippen LogP contribution in [-0.4, -0.2) is 25.5 Å². The predicted molar refractivity (Wildman–Crippen MR) is 157 cm³/mol. The molecule has 0 saturated heterocycles. The number of anilines is 3. The van der Waals surface area contributed by atoms with Crippen molar-refractivity contribution in [3.05, 3.63) is 104 Å². The lowest BCUT2D eigenvalue weighted by atomic mass is 9.99. The largest absolute Gasteiger partial charge is 0.422 e. The molecular formula is C31H28BrN3O3. The number of allylic oxidation sites excluding steroid dienone is 1. The van der Waals surface area contributed by atoms with Crippen LogP contribution in [0.3, 0.4) is 0 Å². The zero-order valence-electron chi connectivity index (χ0n) is 21.4. The minimum absolute atomic E-state index is 0.0387. The van der Waals surface area contributed by atoms with Crippen molar-refractivity contribution < 1.29 is 9.21 Å². The van der Waals surface area contributed by atoms with E-state index in [1.807, 2.05) is 24.3 Å². The van der Waals surface area contributed by atoms with Crippen LogP contribution < -0.4 is 20.3 Å². The molecule has 0 fully saturated rings. The molecule has 38 heavy (non-hydrogen) atoms. The highest BCUT2D eigenvalue weighted by Crippen LogP contribution is 2.39. The van der Waals surface area contributed by atoms with Crippen molar-refractivity contribution in [3.8, 4) is 0 Å². The van der Waals surface area contributed by atoms with Crippen molar-refractivity contribution in [1.29, 1.82) is 0 Å². The summed E-state index contributed by atoms with van der Waals surface area (Å²) in [6, 6.07) is 20.1. The number of rotatable bonds is 6. The Morgan fingerprint density at radius 1 is 0.947 bits per heavy atom. The first-order valence-corrected chi connectivity index (χ1v) is 13.7. The van der Waals surface area contributed by atoms with Gasteiger partial charge >= 0.3 is 5.63 Å². The minimum atomic E-state index is -0.618. The molecule has 0 aliphatic carbocycles. The van der Waals surface area contributed by atoms with Gasteiger partial charge in [-0.25, -0.2) is 4.79 Å². The zero-order chi connectivity index (χ0) is 26.4. The molecule has 7 heteroatoms. The SMILES string of the molecule is CCN(CC)c1ccc2cc(C(=O)/C=C/c3ccc4c(c3)CN3CN4Cc4cc(Br)ccc43)c(=O)oc2c1. The number of carbonyl (C=O) groups excluding carboxylic acids is 1. The highest BCUT2D eigenvalue weighted by molar-refractivity contribution is 9.10. The smallest absolute Gasteiger partial charge is 0.347 e. The summed E-state index contributed by atoms with van der Waals surface area (Å²) in [5.74, 6) is -0.366.